The van der Waals surface area contributed by atoms with Crippen LogP contribution >= 0.6 is 0 Å². The van der Waals surface area contributed by atoms with Crippen molar-refractivity contribution in [2.24, 2.45) is 0 Å². The van der Waals surface area contributed by atoms with E-state index in [1.54, 1.807) is 6.92 Å². The van der Waals surface area contributed by atoms with Gasteiger partial charge in [-0.05, 0) is 25.3 Å². The van der Waals surface area contributed by atoms with E-state index in [-0.39, 0.29) is 0 Å². The lowest BCUT2D eigenvalue weighted by atomic mass is 10.0. The van der Waals surface area contributed by atoms with Crippen LogP contribution in [0.4, 0.5) is 0 Å². The van der Waals surface area contributed by atoms with E-state index < -0.39 is 0 Å². The number of rotatable bonds is 1. The van der Waals surface area contributed by atoms with E-state index in [1.165, 1.54) is 11.1 Å². The zero-order valence-electron chi connectivity index (χ0n) is 8.96. The molecule has 0 N–H and O–H groups in total. The first-order valence-electron chi connectivity index (χ1n) is 4.55. The van der Waals surface area contributed by atoms with E-state index in [4.69, 9.17) is 0 Å². The summed E-state index contributed by atoms with van der Waals surface area (Å²) >= 11 is 0. The molecule has 70 valence electrons. The number of hydrogen-bond donors (Lipinski definition) is 0. The van der Waals surface area contributed by atoms with Gasteiger partial charge < -0.3 is 0 Å². The van der Waals surface area contributed by atoms with Crippen LogP contribution in [0.5, 0.6) is 0 Å². The molecule has 0 spiro atoms. The zero-order chi connectivity index (χ0) is 10.3. The molecule has 13 heavy (non-hydrogen) atoms. The summed E-state index contributed by atoms with van der Waals surface area (Å²) in [4.78, 5) is 0. The Bertz CT molecular complexity index is 276. The topological polar surface area (TPSA) is 0 Å². The van der Waals surface area contributed by atoms with Crippen molar-refractivity contribution in [2.45, 2.75) is 33.6 Å². The molecule has 0 heterocycles. The summed E-state index contributed by atoms with van der Waals surface area (Å²) < 4.78 is 0. The minimum atomic E-state index is 0.653. The van der Waals surface area contributed by atoms with Gasteiger partial charge in [-0.25, -0.2) is 0 Å². The van der Waals surface area contributed by atoms with Gasteiger partial charge in [0, 0.05) is 0 Å². The van der Waals surface area contributed by atoms with Gasteiger partial charge in [-0.3, -0.25) is 0 Å². The Morgan fingerprint density at radius 2 is 1.85 bits per heavy atom. The highest BCUT2D eigenvalue weighted by Crippen LogP contribution is 2.14. The second-order valence-corrected chi connectivity index (χ2v) is 3.36. The molecular formula is C13H18. The van der Waals surface area contributed by atoms with Crippen molar-refractivity contribution in [3.05, 3.63) is 35.4 Å². The quantitative estimate of drug-likeness (QED) is 0.569. The molecule has 0 nitrogen and oxygen atoms in total. The maximum atomic E-state index is 4.60. The highest BCUT2D eigenvalue weighted by Gasteiger charge is 1.96. The number of terminal acetylenes is 1. The van der Waals surface area contributed by atoms with Crippen LogP contribution in [0.1, 0.15) is 37.8 Å². The minimum Gasteiger partial charge on any atom is -0.120 e. The van der Waals surface area contributed by atoms with Crippen LogP contribution in [0.15, 0.2) is 24.3 Å². The largest absolute Gasteiger partial charge is 0.120 e. The lowest BCUT2D eigenvalue weighted by Gasteiger charge is -2.04. The number of hydrogen-bond acceptors (Lipinski definition) is 0. The van der Waals surface area contributed by atoms with Crippen molar-refractivity contribution in [3.63, 3.8) is 0 Å². The third-order valence-electron chi connectivity index (χ3n) is 1.71. The van der Waals surface area contributed by atoms with E-state index >= 15 is 0 Å². The third-order valence-corrected chi connectivity index (χ3v) is 1.71. The summed E-state index contributed by atoms with van der Waals surface area (Å²) in [6.07, 6.45) is 4.60. The summed E-state index contributed by atoms with van der Waals surface area (Å²) in [7, 11) is 0. The van der Waals surface area contributed by atoms with Crippen molar-refractivity contribution in [1.29, 1.82) is 0 Å². The Morgan fingerprint density at radius 1 is 1.31 bits per heavy atom. The van der Waals surface area contributed by atoms with Crippen LogP contribution in [0.25, 0.3) is 0 Å². The molecule has 0 atom stereocenters. The standard InChI is InChI=1S/C10H14.C3H4/c1-8(2)10-6-4-5-9(3)7-10;1-3-2/h4-8H,1-3H3;1H,2H3. The van der Waals surface area contributed by atoms with E-state index in [0.29, 0.717) is 5.92 Å². The van der Waals surface area contributed by atoms with E-state index in [9.17, 15) is 0 Å². The van der Waals surface area contributed by atoms with Crippen molar-refractivity contribution in [2.75, 3.05) is 0 Å². The fourth-order valence-corrected chi connectivity index (χ4v) is 1.03. The maximum absolute atomic E-state index is 4.60. The Labute approximate surface area is 82.0 Å². The molecule has 0 aliphatic carbocycles. The SMILES string of the molecule is C#CC.Cc1cccc(C(C)C)c1. The summed E-state index contributed by atoms with van der Waals surface area (Å²) in [5, 5.41) is 0. The maximum Gasteiger partial charge on any atom is -0.00297 e. The van der Waals surface area contributed by atoms with E-state index in [1.807, 2.05) is 0 Å². The molecule has 0 fully saturated rings. The summed E-state index contributed by atoms with van der Waals surface area (Å²) in [6.45, 7) is 8.22. The molecule has 0 aliphatic rings. The van der Waals surface area contributed by atoms with Gasteiger partial charge in [0.15, 0.2) is 0 Å². The van der Waals surface area contributed by atoms with Gasteiger partial charge in [0.05, 0.1) is 0 Å². The lowest BCUT2D eigenvalue weighted by Crippen LogP contribution is -1.86. The molecule has 0 saturated carbocycles. The highest BCUT2D eigenvalue weighted by atomic mass is 14.0. The second-order valence-electron chi connectivity index (χ2n) is 3.36. The minimum absolute atomic E-state index is 0.653. The van der Waals surface area contributed by atoms with Gasteiger partial charge in [-0.1, -0.05) is 43.7 Å². The molecule has 0 aromatic heterocycles. The van der Waals surface area contributed by atoms with Crippen LogP contribution in [0, 0.1) is 19.3 Å². The molecule has 0 unspecified atom stereocenters. The third kappa shape index (κ3) is 5.09. The molecule has 1 aromatic rings. The predicted octanol–water partition coefficient (Wildman–Crippen LogP) is 3.76. The number of aryl methyl sites for hydroxylation is 1. The molecule has 1 rings (SSSR count). The van der Waals surface area contributed by atoms with Gasteiger partial charge in [0.1, 0.15) is 0 Å². The summed E-state index contributed by atoms with van der Waals surface area (Å²) in [5.41, 5.74) is 2.78. The van der Waals surface area contributed by atoms with E-state index in [0.717, 1.165) is 0 Å². The predicted molar refractivity (Wildman–Crippen MR) is 59.8 cm³/mol. The molecule has 0 aliphatic heterocycles. The monoisotopic (exact) mass is 174 g/mol. The fourth-order valence-electron chi connectivity index (χ4n) is 1.03. The first-order valence-corrected chi connectivity index (χ1v) is 4.55. The average Bonchev–Trinajstić information content (AvgIpc) is 2.05. The van der Waals surface area contributed by atoms with Crippen LogP contribution < -0.4 is 0 Å². The zero-order valence-corrected chi connectivity index (χ0v) is 8.96. The molecule has 1 aromatic carbocycles. The Morgan fingerprint density at radius 3 is 2.15 bits per heavy atom. The fraction of sp³-hybridized carbons (Fsp3) is 0.385. The molecule has 0 saturated heterocycles. The van der Waals surface area contributed by atoms with Crippen LogP contribution in [-0.2, 0) is 0 Å². The summed E-state index contributed by atoms with van der Waals surface area (Å²) in [5.74, 6) is 2.90. The van der Waals surface area contributed by atoms with Gasteiger partial charge in [0.2, 0.25) is 0 Å². The van der Waals surface area contributed by atoms with Crippen molar-refractivity contribution >= 4 is 0 Å². The van der Waals surface area contributed by atoms with Crippen molar-refractivity contribution in [1.82, 2.24) is 0 Å². The Kier molecular flexibility index (Phi) is 5.72. The molecule has 0 radical (unpaired) electrons. The molecule has 0 bridgehead atoms. The van der Waals surface area contributed by atoms with Crippen LogP contribution in [-0.4, -0.2) is 0 Å². The normalized spacial score (nSPS) is 8.62. The molecule has 0 amide bonds. The molecule has 0 heteroatoms. The first kappa shape index (κ1) is 11.8. The van der Waals surface area contributed by atoms with Crippen LogP contribution in [0.3, 0.4) is 0 Å². The summed E-state index contributed by atoms with van der Waals surface area (Å²) in [6, 6.07) is 8.67. The van der Waals surface area contributed by atoms with Gasteiger partial charge in [-0.2, -0.15) is 0 Å². The van der Waals surface area contributed by atoms with Crippen LogP contribution in [0.2, 0.25) is 0 Å². The second kappa shape index (κ2) is 6.31. The molecular weight excluding hydrogens is 156 g/mol. The Hall–Kier alpha value is -1.22. The van der Waals surface area contributed by atoms with Gasteiger partial charge in [0.25, 0.3) is 0 Å². The highest BCUT2D eigenvalue weighted by molar-refractivity contribution is 5.24. The smallest absolute Gasteiger partial charge is 0.00297 e. The average molecular weight is 174 g/mol. The number of benzene rings is 1. The first-order chi connectivity index (χ1) is 6.11. The van der Waals surface area contributed by atoms with E-state index in [2.05, 4.69) is 57.4 Å². The van der Waals surface area contributed by atoms with Gasteiger partial charge in [-0.15, -0.1) is 12.3 Å². The van der Waals surface area contributed by atoms with Gasteiger partial charge >= 0.3 is 0 Å². The Balaban J connectivity index is 0.000000424. The van der Waals surface area contributed by atoms with Crippen molar-refractivity contribution in [3.8, 4) is 12.3 Å². The van der Waals surface area contributed by atoms with Crippen molar-refractivity contribution < 1.29 is 0 Å². The lowest BCUT2D eigenvalue weighted by molar-refractivity contribution is 0.865.